The number of H-pyrrole nitrogens is 1. The lowest BCUT2D eigenvalue weighted by molar-refractivity contribution is 0.0636. The Labute approximate surface area is 122 Å². The van der Waals surface area contributed by atoms with Crippen molar-refractivity contribution in [1.29, 1.82) is 0 Å². The summed E-state index contributed by atoms with van der Waals surface area (Å²) in [6, 6.07) is 4.54. The Bertz CT molecular complexity index is 658. The van der Waals surface area contributed by atoms with Gasteiger partial charge >= 0.3 is 6.09 Å². The molecule has 0 bridgehead atoms. The van der Waals surface area contributed by atoms with E-state index in [0.717, 1.165) is 0 Å². The van der Waals surface area contributed by atoms with Crippen LogP contribution in [0.2, 0.25) is 0 Å². The SMILES string of the molecule is CC(C)(C)OC(=O)Nc1ccc(O)cc1-c1cnc(N)[nH]1. The van der Waals surface area contributed by atoms with Gasteiger partial charge in [0.15, 0.2) is 5.95 Å². The largest absolute Gasteiger partial charge is 0.508 e. The maximum Gasteiger partial charge on any atom is 0.412 e. The Kier molecular flexibility index (Phi) is 3.75. The summed E-state index contributed by atoms with van der Waals surface area (Å²) in [4.78, 5) is 18.6. The molecular weight excluding hydrogens is 272 g/mol. The summed E-state index contributed by atoms with van der Waals surface area (Å²) < 4.78 is 5.20. The minimum atomic E-state index is -0.598. The molecule has 0 fully saturated rings. The molecule has 0 atom stereocenters. The van der Waals surface area contributed by atoms with Crippen LogP contribution >= 0.6 is 0 Å². The molecule has 0 aliphatic carbocycles. The van der Waals surface area contributed by atoms with Crippen LogP contribution in [0.5, 0.6) is 5.75 Å². The second-order valence-corrected chi connectivity index (χ2v) is 5.54. The number of phenols is 1. The molecule has 0 spiro atoms. The van der Waals surface area contributed by atoms with Crippen LogP contribution in [0.1, 0.15) is 20.8 Å². The van der Waals surface area contributed by atoms with Gasteiger partial charge in [0.1, 0.15) is 11.4 Å². The van der Waals surface area contributed by atoms with E-state index in [2.05, 4.69) is 15.3 Å². The second kappa shape index (κ2) is 5.35. The number of rotatable bonds is 2. The van der Waals surface area contributed by atoms with Gasteiger partial charge in [-0.3, -0.25) is 5.32 Å². The van der Waals surface area contributed by atoms with Crippen molar-refractivity contribution in [3.8, 4) is 17.0 Å². The topological polar surface area (TPSA) is 113 Å². The van der Waals surface area contributed by atoms with Gasteiger partial charge in [-0.2, -0.15) is 0 Å². The Morgan fingerprint density at radius 3 is 2.71 bits per heavy atom. The minimum absolute atomic E-state index is 0.0629. The molecule has 7 heteroatoms. The lowest BCUT2D eigenvalue weighted by atomic mass is 10.1. The zero-order valence-electron chi connectivity index (χ0n) is 12.1. The molecule has 21 heavy (non-hydrogen) atoms. The molecule has 0 aliphatic heterocycles. The molecule has 0 saturated heterocycles. The maximum absolute atomic E-state index is 11.9. The molecular formula is C14H18N4O3. The van der Waals surface area contributed by atoms with Gasteiger partial charge < -0.3 is 20.6 Å². The predicted octanol–water partition coefficient (Wildman–Crippen LogP) is 2.71. The number of phenolic OH excluding ortho intramolecular Hbond substituents is 1. The highest BCUT2D eigenvalue weighted by molar-refractivity contribution is 5.91. The third kappa shape index (κ3) is 3.88. The maximum atomic E-state index is 11.9. The lowest BCUT2D eigenvalue weighted by Gasteiger charge is -2.20. The third-order valence-corrected chi connectivity index (χ3v) is 2.52. The smallest absolute Gasteiger partial charge is 0.412 e. The van der Waals surface area contributed by atoms with E-state index in [1.165, 1.54) is 18.3 Å². The number of amides is 1. The summed E-state index contributed by atoms with van der Waals surface area (Å²) in [6.07, 6.45) is 0.937. The molecule has 0 radical (unpaired) electrons. The van der Waals surface area contributed by atoms with Crippen LogP contribution in [0.15, 0.2) is 24.4 Å². The van der Waals surface area contributed by atoms with Crippen molar-refractivity contribution >= 4 is 17.7 Å². The predicted molar refractivity (Wildman–Crippen MR) is 80.0 cm³/mol. The van der Waals surface area contributed by atoms with E-state index >= 15 is 0 Å². The van der Waals surface area contributed by atoms with Crippen LogP contribution in [0.3, 0.4) is 0 Å². The number of imidazole rings is 1. The quantitative estimate of drug-likeness (QED) is 0.635. The van der Waals surface area contributed by atoms with E-state index in [0.29, 0.717) is 16.9 Å². The van der Waals surface area contributed by atoms with Crippen molar-refractivity contribution in [3.05, 3.63) is 24.4 Å². The Hall–Kier alpha value is -2.70. The zero-order valence-corrected chi connectivity index (χ0v) is 12.1. The Morgan fingerprint density at radius 1 is 1.43 bits per heavy atom. The number of nitrogen functional groups attached to an aromatic ring is 1. The van der Waals surface area contributed by atoms with Gasteiger partial charge in [0, 0.05) is 5.56 Å². The molecule has 1 amide bonds. The first kappa shape index (κ1) is 14.7. The number of nitrogens with one attached hydrogen (secondary N) is 2. The van der Waals surface area contributed by atoms with E-state index in [4.69, 9.17) is 10.5 Å². The summed E-state index contributed by atoms with van der Waals surface area (Å²) >= 11 is 0. The number of nitrogens with zero attached hydrogens (tertiary/aromatic N) is 1. The van der Waals surface area contributed by atoms with Gasteiger partial charge in [0.25, 0.3) is 0 Å². The van der Waals surface area contributed by atoms with Gasteiger partial charge in [-0.25, -0.2) is 9.78 Å². The van der Waals surface area contributed by atoms with Crippen molar-refractivity contribution in [2.45, 2.75) is 26.4 Å². The van der Waals surface area contributed by atoms with Crippen molar-refractivity contribution in [2.75, 3.05) is 11.1 Å². The highest BCUT2D eigenvalue weighted by atomic mass is 16.6. The van der Waals surface area contributed by atoms with Crippen molar-refractivity contribution in [2.24, 2.45) is 0 Å². The molecule has 112 valence electrons. The number of aromatic nitrogens is 2. The molecule has 2 rings (SSSR count). The van der Waals surface area contributed by atoms with Crippen molar-refractivity contribution < 1.29 is 14.6 Å². The molecule has 0 aliphatic rings. The number of aromatic amines is 1. The standard InChI is InChI=1S/C14H18N4O3/c1-14(2,3)21-13(20)18-10-5-4-8(19)6-9(10)11-7-16-12(15)17-11/h4-7,19H,1-3H3,(H,18,20)(H3,15,16,17). The fourth-order valence-electron chi connectivity index (χ4n) is 1.75. The van der Waals surface area contributed by atoms with Crippen LogP contribution in [-0.4, -0.2) is 26.8 Å². The first-order valence-corrected chi connectivity index (χ1v) is 6.38. The van der Waals surface area contributed by atoms with E-state index < -0.39 is 11.7 Å². The van der Waals surface area contributed by atoms with Crippen molar-refractivity contribution in [3.63, 3.8) is 0 Å². The summed E-state index contributed by atoms with van der Waals surface area (Å²) in [5.41, 5.74) is 6.57. The summed E-state index contributed by atoms with van der Waals surface area (Å²) in [6.45, 7) is 5.33. The average Bonchev–Trinajstić information content (AvgIpc) is 2.75. The van der Waals surface area contributed by atoms with Crippen LogP contribution in [0.4, 0.5) is 16.4 Å². The highest BCUT2D eigenvalue weighted by Crippen LogP contribution is 2.31. The van der Waals surface area contributed by atoms with Gasteiger partial charge in [-0.05, 0) is 39.0 Å². The molecule has 7 nitrogen and oxygen atoms in total. The van der Waals surface area contributed by atoms with Gasteiger partial charge in [0.05, 0.1) is 17.6 Å². The van der Waals surface area contributed by atoms with Gasteiger partial charge in [-0.1, -0.05) is 0 Å². The summed E-state index contributed by atoms with van der Waals surface area (Å²) in [5, 5.41) is 12.3. The average molecular weight is 290 g/mol. The van der Waals surface area contributed by atoms with Crippen molar-refractivity contribution in [1.82, 2.24) is 9.97 Å². The van der Waals surface area contributed by atoms with Gasteiger partial charge in [-0.15, -0.1) is 0 Å². The monoisotopic (exact) mass is 290 g/mol. The summed E-state index contributed by atoms with van der Waals surface area (Å²) in [5.74, 6) is 0.310. The highest BCUT2D eigenvalue weighted by Gasteiger charge is 2.18. The molecule has 1 aromatic heterocycles. The number of nitrogens with two attached hydrogens (primary N) is 1. The fourth-order valence-corrected chi connectivity index (χ4v) is 1.75. The number of benzene rings is 1. The Morgan fingerprint density at radius 2 is 2.14 bits per heavy atom. The first-order chi connectivity index (χ1) is 9.74. The van der Waals surface area contributed by atoms with Crippen LogP contribution in [0.25, 0.3) is 11.3 Å². The second-order valence-electron chi connectivity index (χ2n) is 5.54. The number of aromatic hydroxyl groups is 1. The van der Waals surface area contributed by atoms with E-state index in [1.54, 1.807) is 26.8 Å². The van der Waals surface area contributed by atoms with E-state index in [9.17, 15) is 9.90 Å². The fraction of sp³-hybridized carbons (Fsp3) is 0.286. The van der Waals surface area contributed by atoms with E-state index in [1.807, 2.05) is 0 Å². The molecule has 1 aromatic carbocycles. The number of hydrogen-bond acceptors (Lipinski definition) is 5. The van der Waals surface area contributed by atoms with Crippen LogP contribution < -0.4 is 11.1 Å². The minimum Gasteiger partial charge on any atom is -0.508 e. The van der Waals surface area contributed by atoms with Crippen LogP contribution in [0, 0.1) is 0 Å². The molecule has 5 N–H and O–H groups in total. The number of anilines is 2. The first-order valence-electron chi connectivity index (χ1n) is 6.38. The number of carbonyl (C=O) groups excluding carboxylic acids is 1. The normalized spacial score (nSPS) is 11.2. The molecule has 2 aromatic rings. The number of carbonyl (C=O) groups is 1. The third-order valence-electron chi connectivity index (χ3n) is 2.52. The molecule has 0 saturated carbocycles. The molecule has 1 heterocycles. The summed E-state index contributed by atoms with van der Waals surface area (Å²) in [7, 11) is 0. The zero-order chi connectivity index (χ0) is 15.6. The lowest BCUT2D eigenvalue weighted by Crippen LogP contribution is -2.27. The van der Waals surface area contributed by atoms with E-state index in [-0.39, 0.29) is 11.7 Å². The van der Waals surface area contributed by atoms with Crippen LogP contribution in [-0.2, 0) is 4.74 Å². The Balaban J connectivity index is 2.30. The number of hydrogen-bond donors (Lipinski definition) is 4. The number of ether oxygens (including phenoxy) is 1. The molecule has 0 unspecified atom stereocenters. The van der Waals surface area contributed by atoms with Gasteiger partial charge in [0.2, 0.25) is 0 Å².